The van der Waals surface area contributed by atoms with Gasteiger partial charge in [0.1, 0.15) is 5.75 Å². The van der Waals surface area contributed by atoms with E-state index in [9.17, 15) is 13.2 Å². The van der Waals surface area contributed by atoms with Crippen LogP contribution in [0, 0.1) is 5.92 Å². The lowest BCUT2D eigenvalue weighted by atomic mass is 10.2. The maximum absolute atomic E-state index is 12.6. The van der Waals surface area contributed by atoms with Crippen molar-refractivity contribution in [3.05, 3.63) is 23.2 Å². The van der Waals surface area contributed by atoms with Crippen LogP contribution in [0.15, 0.2) is 23.1 Å². The van der Waals surface area contributed by atoms with E-state index < -0.39 is 10.0 Å². The summed E-state index contributed by atoms with van der Waals surface area (Å²) in [5.74, 6) is 0.359. The van der Waals surface area contributed by atoms with Crippen molar-refractivity contribution < 1.29 is 17.9 Å². The molecule has 0 aliphatic carbocycles. The number of nitrogens with one attached hydrogen (secondary N) is 1. The number of carbonyl (C=O) groups is 1. The summed E-state index contributed by atoms with van der Waals surface area (Å²) in [6.45, 7) is 6.07. The third-order valence-electron chi connectivity index (χ3n) is 3.14. The summed E-state index contributed by atoms with van der Waals surface area (Å²) >= 11 is 5.99. The molecule has 0 aliphatic heterocycles. The second kappa shape index (κ2) is 8.52. The van der Waals surface area contributed by atoms with E-state index in [0.29, 0.717) is 18.2 Å². The Hall–Kier alpha value is -1.31. The molecule has 0 atom stereocenters. The van der Waals surface area contributed by atoms with Crippen molar-refractivity contribution in [3.63, 3.8) is 0 Å². The summed E-state index contributed by atoms with van der Waals surface area (Å²) in [5, 5.41) is 2.91. The molecule has 0 saturated heterocycles. The van der Waals surface area contributed by atoms with Crippen LogP contribution in [0.5, 0.6) is 5.75 Å². The zero-order valence-electron chi connectivity index (χ0n) is 13.8. The fourth-order valence-corrected chi connectivity index (χ4v) is 3.61. The highest BCUT2D eigenvalue weighted by Gasteiger charge is 2.26. The number of methoxy groups -OCH3 is 1. The van der Waals surface area contributed by atoms with Gasteiger partial charge in [-0.3, -0.25) is 4.79 Å². The van der Waals surface area contributed by atoms with E-state index in [1.165, 1.54) is 25.3 Å². The SMILES string of the molecule is CCN(CC(=O)NCC(C)C)S(=O)(=O)c1ccc(OC)c(Cl)c1. The summed E-state index contributed by atoms with van der Waals surface area (Å²) in [6, 6.07) is 4.22. The number of sulfonamides is 1. The first-order valence-corrected chi connectivity index (χ1v) is 9.14. The summed E-state index contributed by atoms with van der Waals surface area (Å²) in [7, 11) is -2.35. The molecule has 1 aromatic carbocycles. The first-order chi connectivity index (χ1) is 10.7. The van der Waals surface area contributed by atoms with Gasteiger partial charge in [-0.15, -0.1) is 0 Å². The number of ether oxygens (including phenoxy) is 1. The molecule has 0 bridgehead atoms. The Morgan fingerprint density at radius 1 is 1.39 bits per heavy atom. The third kappa shape index (κ3) is 5.37. The Morgan fingerprint density at radius 2 is 2.04 bits per heavy atom. The van der Waals surface area contributed by atoms with Gasteiger partial charge in [0.25, 0.3) is 0 Å². The normalized spacial score (nSPS) is 11.8. The lowest BCUT2D eigenvalue weighted by Gasteiger charge is -2.20. The maximum Gasteiger partial charge on any atom is 0.243 e. The first-order valence-electron chi connectivity index (χ1n) is 7.32. The number of rotatable bonds is 8. The number of halogens is 1. The van der Waals surface area contributed by atoms with Gasteiger partial charge in [-0.25, -0.2) is 8.42 Å². The number of benzene rings is 1. The highest BCUT2D eigenvalue weighted by molar-refractivity contribution is 7.89. The Balaban J connectivity index is 2.95. The molecule has 0 spiro atoms. The Labute approximate surface area is 142 Å². The van der Waals surface area contributed by atoms with Crippen LogP contribution in [0.2, 0.25) is 5.02 Å². The quantitative estimate of drug-likeness (QED) is 0.768. The van der Waals surface area contributed by atoms with Crippen LogP contribution in [0.4, 0.5) is 0 Å². The number of hydrogen-bond acceptors (Lipinski definition) is 4. The molecule has 1 amide bonds. The highest BCUT2D eigenvalue weighted by atomic mass is 35.5. The molecule has 0 heterocycles. The molecule has 0 fully saturated rings. The number of nitrogens with zero attached hydrogens (tertiary/aromatic N) is 1. The molecule has 0 unspecified atom stereocenters. The zero-order chi connectivity index (χ0) is 17.6. The van der Waals surface area contributed by atoms with Crippen LogP contribution in [0.3, 0.4) is 0 Å². The molecule has 8 heteroatoms. The second-order valence-electron chi connectivity index (χ2n) is 5.43. The number of amides is 1. The minimum atomic E-state index is -3.80. The number of hydrogen-bond donors (Lipinski definition) is 1. The molecular formula is C15H23ClN2O4S. The number of carbonyl (C=O) groups excluding carboxylic acids is 1. The van der Waals surface area contributed by atoms with Crippen molar-refractivity contribution in [2.45, 2.75) is 25.7 Å². The third-order valence-corrected chi connectivity index (χ3v) is 5.35. The van der Waals surface area contributed by atoms with Crippen LogP contribution in [-0.4, -0.2) is 45.4 Å². The molecule has 1 N–H and O–H groups in total. The molecule has 0 aliphatic rings. The van der Waals surface area contributed by atoms with Crippen molar-refractivity contribution in [2.24, 2.45) is 5.92 Å². The van der Waals surface area contributed by atoms with Crippen molar-refractivity contribution in [2.75, 3.05) is 26.7 Å². The minimum absolute atomic E-state index is 0.0295. The molecular weight excluding hydrogens is 340 g/mol. The summed E-state index contributed by atoms with van der Waals surface area (Å²) in [6.07, 6.45) is 0. The van der Waals surface area contributed by atoms with Crippen molar-refractivity contribution >= 4 is 27.5 Å². The van der Waals surface area contributed by atoms with Gasteiger partial charge in [0.2, 0.25) is 15.9 Å². The maximum atomic E-state index is 12.6. The van der Waals surface area contributed by atoms with E-state index in [2.05, 4.69) is 5.32 Å². The minimum Gasteiger partial charge on any atom is -0.495 e. The van der Waals surface area contributed by atoms with Gasteiger partial charge < -0.3 is 10.1 Å². The molecule has 23 heavy (non-hydrogen) atoms. The van der Waals surface area contributed by atoms with Crippen molar-refractivity contribution in [1.29, 1.82) is 0 Å². The Kier molecular flexibility index (Phi) is 7.31. The van der Waals surface area contributed by atoms with Crippen LogP contribution in [-0.2, 0) is 14.8 Å². The topological polar surface area (TPSA) is 75.7 Å². The number of likely N-dealkylation sites (N-methyl/N-ethyl adjacent to an activating group) is 1. The van der Waals surface area contributed by atoms with Gasteiger partial charge in [0.05, 0.1) is 23.6 Å². The molecule has 1 rings (SSSR count). The van der Waals surface area contributed by atoms with Crippen molar-refractivity contribution in [3.8, 4) is 5.75 Å². The molecule has 0 aromatic heterocycles. The Bertz CT molecular complexity index is 647. The molecule has 130 valence electrons. The Morgan fingerprint density at radius 3 is 2.52 bits per heavy atom. The van der Waals surface area contributed by atoms with Gasteiger partial charge >= 0.3 is 0 Å². The van der Waals surface area contributed by atoms with Crippen LogP contribution in [0.1, 0.15) is 20.8 Å². The zero-order valence-corrected chi connectivity index (χ0v) is 15.4. The van der Waals surface area contributed by atoms with Gasteiger partial charge in [0, 0.05) is 13.1 Å². The fraction of sp³-hybridized carbons (Fsp3) is 0.533. The van der Waals surface area contributed by atoms with Gasteiger partial charge in [-0.1, -0.05) is 32.4 Å². The van der Waals surface area contributed by atoms with Gasteiger partial charge in [-0.2, -0.15) is 4.31 Å². The summed E-state index contributed by atoms with van der Waals surface area (Å²) in [4.78, 5) is 11.9. The van der Waals surface area contributed by atoms with E-state index in [1.807, 2.05) is 13.8 Å². The van der Waals surface area contributed by atoms with Crippen LogP contribution < -0.4 is 10.1 Å². The smallest absolute Gasteiger partial charge is 0.243 e. The van der Waals surface area contributed by atoms with E-state index in [1.54, 1.807) is 6.92 Å². The summed E-state index contributed by atoms with van der Waals surface area (Å²) < 4.78 is 31.4. The van der Waals surface area contributed by atoms with Crippen LogP contribution in [0.25, 0.3) is 0 Å². The fourth-order valence-electron chi connectivity index (χ4n) is 1.86. The molecule has 0 saturated carbocycles. The molecule has 0 radical (unpaired) electrons. The predicted molar refractivity (Wildman–Crippen MR) is 90.3 cm³/mol. The van der Waals surface area contributed by atoms with E-state index in [0.717, 1.165) is 4.31 Å². The van der Waals surface area contributed by atoms with E-state index >= 15 is 0 Å². The average molecular weight is 363 g/mol. The second-order valence-corrected chi connectivity index (χ2v) is 7.77. The highest BCUT2D eigenvalue weighted by Crippen LogP contribution is 2.28. The summed E-state index contributed by atoms with van der Waals surface area (Å²) in [5.41, 5.74) is 0. The first kappa shape index (κ1) is 19.7. The van der Waals surface area contributed by atoms with E-state index in [4.69, 9.17) is 16.3 Å². The largest absolute Gasteiger partial charge is 0.495 e. The van der Waals surface area contributed by atoms with Crippen LogP contribution >= 0.6 is 11.6 Å². The lowest BCUT2D eigenvalue weighted by Crippen LogP contribution is -2.41. The van der Waals surface area contributed by atoms with Crippen molar-refractivity contribution in [1.82, 2.24) is 9.62 Å². The van der Waals surface area contributed by atoms with E-state index in [-0.39, 0.29) is 28.9 Å². The molecule has 6 nitrogen and oxygen atoms in total. The van der Waals surface area contributed by atoms with Gasteiger partial charge in [-0.05, 0) is 24.1 Å². The molecule has 1 aromatic rings. The predicted octanol–water partition coefficient (Wildman–Crippen LogP) is 2.13. The standard InChI is InChI=1S/C15H23ClN2O4S/c1-5-18(10-15(19)17-9-11(2)3)23(20,21)12-6-7-14(22-4)13(16)8-12/h6-8,11H,5,9-10H2,1-4H3,(H,17,19). The van der Waals surface area contributed by atoms with Gasteiger partial charge in [0.15, 0.2) is 0 Å². The lowest BCUT2D eigenvalue weighted by molar-refractivity contribution is -0.121. The monoisotopic (exact) mass is 362 g/mol. The average Bonchev–Trinajstić information content (AvgIpc) is 2.50.